The number of hydrogen-bond acceptors (Lipinski definition) is 3. The highest BCUT2D eigenvalue weighted by molar-refractivity contribution is 5.97. The molecule has 3 atom stereocenters. The third-order valence-corrected chi connectivity index (χ3v) is 4.89. The summed E-state index contributed by atoms with van der Waals surface area (Å²) in [7, 11) is 0. The van der Waals surface area contributed by atoms with Crippen LogP contribution >= 0.6 is 0 Å². The van der Waals surface area contributed by atoms with Gasteiger partial charge in [-0.25, -0.2) is 0 Å². The Morgan fingerprint density at radius 3 is 3.10 bits per heavy atom. The van der Waals surface area contributed by atoms with E-state index in [1.165, 1.54) is 25.7 Å². The standard InChI is InChI=1S/C16H20N4O/c21-16(15-8-10-3-1-2-4-13(10)19-15)18-12-5-6-14-11(7-12)9-17-20-14/h5-7,9-10,13,15,19H,1-4,8H2,(H,17,20)(H,18,21). The maximum atomic E-state index is 12.4. The van der Waals surface area contributed by atoms with Gasteiger partial charge in [0.2, 0.25) is 5.91 Å². The predicted octanol–water partition coefficient (Wildman–Crippen LogP) is 2.42. The molecule has 2 fully saturated rings. The number of benzene rings is 1. The zero-order valence-corrected chi connectivity index (χ0v) is 11.9. The van der Waals surface area contributed by atoms with Crippen molar-refractivity contribution in [3.05, 3.63) is 24.4 Å². The van der Waals surface area contributed by atoms with Crippen LogP contribution in [0.1, 0.15) is 32.1 Å². The zero-order chi connectivity index (χ0) is 14.2. The normalized spacial score (nSPS) is 28.5. The number of amides is 1. The molecule has 1 aliphatic carbocycles. The summed E-state index contributed by atoms with van der Waals surface area (Å²) in [6.45, 7) is 0. The minimum absolute atomic E-state index is 0.0434. The van der Waals surface area contributed by atoms with E-state index in [0.29, 0.717) is 12.0 Å². The first kappa shape index (κ1) is 12.8. The molecule has 0 spiro atoms. The van der Waals surface area contributed by atoms with Gasteiger partial charge in [0.15, 0.2) is 0 Å². The van der Waals surface area contributed by atoms with Crippen molar-refractivity contribution in [2.45, 2.75) is 44.2 Å². The van der Waals surface area contributed by atoms with E-state index in [1.54, 1.807) is 6.20 Å². The molecule has 2 aliphatic rings. The molecular formula is C16H20N4O. The summed E-state index contributed by atoms with van der Waals surface area (Å²) in [4.78, 5) is 12.4. The fourth-order valence-electron chi connectivity index (χ4n) is 3.77. The van der Waals surface area contributed by atoms with Gasteiger partial charge >= 0.3 is 0 Å². The van der Waals surface area contributed by atoms with E-state index in [9.17, 15) is 4.79 Å². The van der Waals surface area contributed by atoms with Gasteiger partial charge in [0.1, 0.15) is 0 Å². The van der Waals surface area contributed by atoms with Crippen molar-refractivity contribution in [3.8, 4) is 0 Å². The van der Waals surface area contributed by atoms with Gasteiger partial charge in [0.05, 0.1) is 17.8 Å². The number of nitrogens with zero attached hydrogens (tertiary/aromatic N) is 1. The number of hydrogen-bond donors (Lipinski definition) is 3. The fourth-order valence-corrected chi connectivity index (χ4v) is 3.77. The number of fused-ring (bicyclic) bond motifs is 2. The molecule has 2 heterocycles. The number of aromatic amines is 1. The van der Waals surface area contributed by atoms with Crippen LogP contribution in [0, 0.1) is 5.92 Å². The molecule has 1 aromatic heterocycles. The minimum atomic E-state index is -0.0434. The molecule has 3 unspecified atom stereocenters. The van der Waals surface area contributed by atoms with Gasteiger partial charge in [-0.05, 0) is 43.4 Å². The number of rotatable bonds is 2. The maximum absolute atomic E-state index is 12.4. The van der Waals surface area contributed by atoms with Crippen molar-refractivity contribution in [2.75, 3.05) is 5.32 Å². The Bertz CT molecular complexity index is 651. The molecule has 5 heteroatoms. The third-order valence-electron chi connectivity index (χ3n) is 4.89. The minimum Gasteiger partial charge on any atom is -0.325 e. The van der Waals surface area contributed by atoms with Gasteiger partial charge in [-0.15, -0.1) is 0 Å². The predicted molar refractivity (Wildman–Crippen MR) is 82.0 cm³/mol. The average Bonchev–Trinajstić information content (AvgIpc) is 3.13. The second-order valence-corrected chi connectivity index (χ2v) is 6.27. The largest absolute Gasteiger partial charge is 0.325 e. The van der Waals surface area contributed by atoms with Crippen LogP contribution in [0.3, 0.4) is 0 Å². The summed E-state index contributed by atoms with van der Waals surface area (Å²) in [5, 5.41) is 14.5. The molecule has 0 radical (unpaired) electrons. The lowest BCUT2D eigenvalue weighted by Gasteiger charge is -2.24. The fraction of sp³-hybridized carbons (Fsp3) is 0.500. The molecule has 3 N–H and O–H groups in total. The molecule has 5 nitrogen and oxygen atoms in total. The average molecular weight is 284 g/mol. The smallest absolute Gasteiger partial charge is 0.241 e. The van der Waals surface area contributed by atoms with E-state index in [0.717, 1.165) is 23.0 Å². The van der Waals surface area contributed by atoms with Crippen molar-refractivity contribution in [3.63, 3.8) is 0 Å². The van der Waals surface area contributed by atoms with Crippen molar-refractivity contribution < 1.29 is 4.79 Å². The molecule has 1 amide bonds. The van der Waals surface area contributed by atoms with E-state index in [4.69, 9.17) is 0 Å². The molecule has 4 rings (SSSR count). The second kappa shape index (κ2) is 5.15. The SMILES string of the molecule is O=C(Nc1ccc2[nH]ncc2c1)C1CC2CCCCC2N1. The molecule has 1 saturated carbocycles. The van der Waals surface area contributed by atoms with Crippen molar-refractivity contribution >= 4 is 22.5 Å². The molecule has 0 bridgehead atoms. The number of anilines is 1. The quantitative estimate of drug-likeness (QED) is 0.793. The zero-order valence-electron chi connectivity index (χ0n) is 11.9. The first-order chi connectivity index (χ1) is 10.3. The Balaban J connectivity index is 1.45. The molecule has 2 aromatic rings. The van der Waals surface area contributed by atoms with E-state index >= 15 is 0 Å². The third kappa shape index (κ3) is 2.42. The van der Waals surface area contributed by atoms with Crippen LogP contribution in [0.15, 0.2) is 24.4 Å². The van der Waals surface area contributed by atoms with E-state index in [1.807, 2.05) is 18.2 Å². The molecule has 1 aliphatic heterocycles. The van der Waals surface area contributed by atoms with Gasteiger partial charge < -0.3 is 10.6 Å². The van der Waals surface area contributed by atoms with E-state index < -0.39 is 0 Å². The monoisotopic (exact) mass is 284 g/mol. The number of nitrogens with one attached hydrogen (secondary N) is 3. The van der Waals surface area contributed by atoms with Gasteiger partial charge in [0, 0.05) is 17.1 Å². The Morgan fingerprint density at radius 2 is 2.19 bits per heavy atom. The molecule has 110 valence electrons. The summed E-state index contributed by atoms with van der Waals surface area (Å²) in [5.74, 6) is 0.776. The van der Waals surface area contributed by atoms with Crippen LogP contribution in [0.25, 0.3) is 10.9 Å². The lowest BCUT2D eigenvalue weighted by molar-refractivity contribution is -0.117. The van der Waals surface area contributed by atoms with Crippen molar-refractivity contribution in [2.24, 2.45) is 5.92 Å². The van der Waals surface area contributed by atoms with E-state index in [2.05, 4.69) is 20.8 Å². The van der Waals surface area contributed by atoms with Crippen LogP contribution in [0.4, 0.5) is 5.69 Å². The Kier molecular flexibility index (Phi) is 3.15. The summed E-state index contributed by atoms with van der Waals surface area (Å²) in [6.07, 6.45) is 7.84. The molecule has 1 saturated heterocycles. The Hall–Kier alpha value is -1.88. The maximum Gasteiger partial charge on any atom is 0.241 e. The Labute approximate surface area is 123 Å². The van der Waals surface area contributed by atoms with Crippen molar-refractivity contribution in [1.82, 2.24) is 15.5 Å². The first-order valence-electron chi connectivity index (χ1n) is 7.79. The van der Waals surface area contributed by atoms with Crippen molar-refractivity contribution in [1.29, 1.82) is 0 Å². The van der Waals surface area contributed by atoms with Crippen LogP contribution < -0.4 is 10.6 Å². The van der Waals surface area contributed by atoms with Gasteiger partial charge in [0.25, 0.3) is 0 Å². The van der Waals surface area contributed by atoms with Crippen LogP contribution in [-0.2, 0) is 4.79 Å². The van der Waals surface area contributed by atoms with Crippen LogP contribution in [-0.4, -0.2) is 28.2 Å². The molecule has 1 aromatic carbocycles. The number of carbonyl (C=O) groups is 1. The van der Waals surface area contributed by atoms with Gasteiger partial charge in [-0.1, -0.05) is 12.8 Å². The summed E-state index contributed by atoms with van der Waals surface area (Å²) in [6, 6.07) is 6.32. The van der Waals surface area contributed by atoms with E-state index in [-0.39, 0.29) is 11.9 Å². The number of carbonyl (C=O) groups excluding carboxylic acids is 1. The summed E-state index contributed by atoms with van der Waals surface area (Å²) < 4.78 is 0. The topological polar surface area (TPSA) is 69.8 Å². The lowest BCUT2D eigenvalue weighted by atomic mass is 9.85. The highest BCUT2D eigenvalue weighted by Gasteiger charge is 2.38. The van der Waals surface area contributed by atoms with Crippen LogP contribution in [0.5, 0.6) is 0 Å². The summed E-state index contributed by atoms with van der Waals surface area (Å²) >= 11 is 0. The second-order valence-electron chi connectivity index (χ2n) is 6.27. The Morgan fingerprint density at radius 1 is 1.29 bits per heavy atom. The molecular weight excluding hydrogens is 264 g/mol. The van der Waals surface area contributed by atoms with Gasteiger partial charge in [-0.2, -0.15) is 5.10 Å². The molecule has 21 heavy (non-hydrogen) atoms. The highest BCUT2D eigenvalue weighted by atomic mass is 16.2. The highest BCUT2D eigenvalue weighted by Crippen LogP contribution is 2.33. The number of H-pyrrole nitrogens is 1. The van der Waals surface area contributed by atoms with Crippen LogP contribution in [0.2, 0.25) is 0 Å². The number of aromatic nitrogens is 2. The lowest BCUT2D eigenvalue weighted by Crippen LogP contribution is -2.39. The first-order valence-corrected chi connectivity index (χ1v) is 7.79. The van der Waals surface area contributed by atoms with Gasteiger partial charge in [-0.3, -0.25) is 9.89 Å². The summed E-state index contributed by atoms with van der Waals surface area (Å²) in [5.41, 5.74) is 1.82.